The van der Waals surface area contributed by atoms with Crippen LogP contribution in [0.2, 0.25) is 0 Å². The molecule has 0 saturated carbocycles. The van der Waals surface area contributed by atoms with Crippen LogP contribution >= 0.6 is 0 Å². The molecule has 1 atom stereocenters. The first-order valence-electron chi connectivity index (χ1n) is 4.80. The Bertz CT molecular complexity index is 259. The van der Waals surface area contributed by atoms with E-state index in [-0.39, 0.29) is 5.60 Å². The van der Waals surface area contributed by atoms with Crippen molar-refractivity contribution in [2.24, 2.45) is 5.73 Å². The Labute approximate surface area is 84.5 Å². The van der Waals surface area contributed by atoms with Crippen molar-refractivity contribution in [3.8, 4) is 0 Å². The number of aromatic nitrogens is 2. The van der Waals surface area contributed by atoms with Crippen LogP contribution in [0.5, 0.6) is 0 Å². The molecule has 0 fully saturated rings. The summed E-state index contributed by atoms with van der Waals surface area (Å²) >= 11 is 0. The van der Waals surface area contributed by atoms with E-state index in [4.69, 9.17) is 10.5 Å². The van der Waals surface area contributed by atoms with Crippen LogP contribution in [-0.2, 0) is 11.3 Å². The number of nitrogens with two attached hydrogens (primary N) is 1. The number of ether oxygens (including phenoxy) is 1. The van der Waals surface area contributed by atoms with Crippen molar-refractivity contribution in [1.82, 2.24) is 9.97 Å². The third kappa shape index (κ3) is 3.05. The van der Waals surface area contributed by atoms with Crippen molar-refractivity contribution in [2.45, 2.75) is 32.5 Å². The van der Waals surface area contributed by atoms with Crippen LogP contribution in [0.15, 0.2) is 18.5 Å². The second-order valence-corrected chi connectivity index (χ2v) is 3.46. The van der Waals surface area contributed by atoms with Crippen molar-refractivity contribution in [1.29, 1.82) is 0 Å². The van der Waals surface area contributed by atoms with E-state index in [2.05, 4.69) is 16.9 Å². The molecule has 2 N–H and O–H groups in total. The fourth-order valence-electron chi connectivity index (χ4n) is 0.949. The van der Waals surface area contributed by atoms with E-state index in [1.54, 1.807) is 18.5 Å². The summed E-state index contributed by atoms with van der Waals surface area (Å²) in [6.07, 6.45) is 4.30. The Morgan fingerprint density at radius 3 is 2.57 bits per heavy atom. The summed E-state index contributed by atoms with van der Waals surface area (Å²) < 4.78 is 5.66. The Morgan fingerprint density at radius 2 is 2.07 bits per heavy atom. The van der Waals surface area contributed by atoms with Gasteiger partial charge in [0.15, 0.2) is 5.82 Å². The van der Waals surface area contributed by atoms with Gasteiger partial charge in [0.25, 0.3) is 0 Å². The lowest BCUT2D eigenvalue weighted by Crippen LogP contribution is -2.36. The minimum Gasteiger partial charge on any atom is -0.366 e. The van der Waals surface area contributed by atoms with Gasteiger partial charge in [0.05, 0.1) is 5.60 Å². The quantitative estimate of drug-likeness (QED) is 0.764. The lowest BCUT2D eigenvalue weighted by molar-refractivity contribution is -0.0415. The second kappa shape index (κ2) is 5.02. The minimum atomic E-state index is -0.265. The van der Waals surface area contributed by atoms with Gasteiger partial charge < -0.3 is 10.5 Å². The summed E-state index contributed by atoms with van der Waals surface area (Å²) in [5.41, 5.74) is 5.35. The van der Waals surface area contributed by atoms with Gasteiger partial charge in [-0.1, -0.05) is 6.92 Å². The van der Waals surface area contributed by atoms with Crippen LogP contribution < -0.4 is 5.73 Å². The lowest BCUT2D eigenvalue weighted by Gasteiger charge is -2.26. The Balaban J connectivity index is 2.48. The highest BCUT2D eigenvalue weighted by molar-refractivity contribution is 4.87. The number of nitrogens with zero attached hydrogens (tertiary/aromatic N) is 2. The largest absolute Gasteiger partial charge is 0.366 e. The zero-order valence-corrected chi connectivity index (χ0v) is 8.73. The van der Waals surface area contributed by atoms with Crippen molar-refractivity contribution in [3.05, 3.63) is 24.3 Å². The third-order valence-corrected chi connectivity index (χ3v) is 2.35. The molecule has 78 valence electrons. The molecule has 0 aliphatic heterocycles. The summed E-state index contributed by atoms with van der Waals surface area (Å²) in [5.74, 6) is 0.695. The third-order valence-electron chi connectivity index (χ3n) is 2.35. The van der Waals surface area contributed by atoms with E-state index in [0.717, 1.165) is 6.42 Å². The van der Waals surface area contributed by atoms with Crippen molar-refractivity contribution in [3.63, 3.8) is 0 Å². The van der Waals surface area contributed by atoms with E-state index in [1.807, 2.05) is 6.92 Å². The summed E-state index contributed by atoms with van der Waals surface area (Å²) in [7, 11) is 0. The van der Waals surface area contributed by atoms with Gasteiger partial charge in [-0.15, -0.1) is 0 Å². The van der Waals surface area contributed by atoms with Gasteiger partial charge in [-0.3, -0.25) is 0 Å². The van der Waals surface area contributed by atoms with E-state index in [9.17, 15) is 0 Å². The molecule has 0 aliphatic carbocycles. The van der Waals surface area contributed by atoms with Gasteiger partial charge in [-0.05, 0) is 19.4 Å². The minimum absolute atomic E-state index is 0.265. The molecule has 1 aromatic heterocycles. The molecule has 1 unspecified atom stereocenters. The number of hydrogen-bond donors (Lipinski definition) is 1. The van der Waals surface area contributed by atoms with Crippen molar-refractivity contribution in [2.75, 3.05) is 6.54 Å². The molecule has 0 amide bonds. The molecular formula is C10H17N3O. The molecule has 4 heteroatoms. The fraction of sp³-hybridized carbons (Fsp3) is 0.600. The highest BCUT2D eigenvalue weighted by Crippen LogP contribution is 2.14. The van der Waals surface area contributed by atoms with E-state index >= 15 is 0 Å². The summed E-state index contributed by atoms with van der Waals surface area (Å²) in [6, 6.07) is 1.78. The van der Waals surface area contributed by atoms with Crippen LogP contribution in [0.3, 0.4) is 0 Å². The molecule has 0 aromatic carbocycles. The molecular weight excluding hydrogens is 178 g/mol. The van der Waals surface area contributed by atoms with Crippen molar-refractivity contribution >= 4 is 0 Å². The predicted octanol–water partition coefficient (Wildman–Crippen LogP) is 1.12. The van der Waals surface area contributed by atoms with Gasteiger partial charge in [0, 0.05) is 18.9 Å². The van der Waals surface area contributed by atoms with Crippen molar-refractivity contribution < 1.29 is 4.74 Å². The van der Waals surface area contributed by atoms with Gasteiger partial charge in [-0.25, -0.2) is 9.97 Å². The average molecular weight is 195 g/mol. The SMILES string of the molecule is CCC(C)(CN)OCc1ncccn1. The van der Waals surface area contributed by atoms with Crippen LogP contribution in [0.4, 0.5) is 0 Å². The lowest BCUT2D eigenvalue weighted by atomic mass is 10.0. The molecule has 0 spiro atoms. The summed E-state index contributed by atoms with van der Waals surface area (Å²) in [5, 5.41) is 0. The maximum absolute atomic E-state index is 5.66. The monoisotopic (exact) mass is 195 g/mol. The molecule has 1 rings (SSSR count). The van der Waals surface area contributed by atoms with Gasteiger partial charge in [0.2, 0.25) is 0 Å². The standard InChI is InChI=1S/C10H17N3O/c1-3-10(2,8-11)14-7-9-12-5-4-6-13-9/h4-6H,3,7-8,11H2,1-2H3. The second-order valence-electron chi connectivity index (χ2n) is 3.46. The number of rotatable bonds is 5. The zero-order valence-electron chi connectivity index (χ0n) is 8.73. The molecule has 0 radical (unpaired) electrons. The first-order chi connectivity index (χ1) is 6.70. The molecule has 1 aromatic rings. The van der Waals surface area contributed by atoms with Gasteiger partial charge in [-0.2, -0.15) is 0 Å². The van der Waals surface area contributed by atoms with Crippen LogP contribution in [0, 0.1) is 0 Å². The summed E-state index contributed by atoms with van der Waals surface area (Å²) in [4.78, 5) is 8.15. The topological polar surface area (TPSA) is 61.0 Å². The highest BCUT2D eigenvalue weighted by Gasteiger charge is 2.20. The van der Waals surface area contributed by atoms with E-state index < -0.39 is 0 Å². The van der Waals surface area contributed by atoms with Gasteiger partial charge >= 0.3 is 0 Å². The Hall–Kier alpha value is -1.00. The predicted molar refractivity (Wildman–Crippen MR) is 54.6 cm³/mol. The normalized spacial score (nSPS) is 15.1. The molecule has 0 aliphatic rings. The molecule has 14 heavy (non-hydrogen) atoms. The molecule has 0 saturated heterocycles. The maximum Gasteiger partial charge on any atom is 0.153 e. The maximum atomic E-state index is 5.66. The average Bonchev–Trinajstić information content (AvgIpc) is 2.27. The highest BCUT2D eigenvalue weighted by atomic mass is 16.5. The van der Waals surface area contributed by atoms with E-state index in [0.29, 0.717) is 19.0 Å². The number of hydrogen-bond acceptors (Lipinski definition) is 4. The zero-order chi connectivity index (χ0) is 10.4. The first kappa shape index (κ1) is 11.1. The van der Waals surface area contributed by atoms with E-state index in [1.165, 1.54) is 0 Å². The molecule has 1 heterocycles. The Kier molecular flexibility index (Phi) is 3.98. The smallest absolute Gasteiger partial charge is 0.153 e. The fourth-order valence-corrected chi connectivity index (χ4v) is 0.949. The Morgan fingerprint density at radius 1 is 1.43 bits per heavy atom. The first-order valence-corrected chi connectivity index (χ1v) is 4.80. The molecule has 4 nitrogen and oxygen atoms in total. The van der Waals surface area contributed by atoms with Crippen LogP contribution in [-0.4, -0.2) is 22.1 Å². The molecule has 0 bridgehead atoms. The van der Waals surface area contributed by atoms with Crippen LogP contribution in [0.25, 0.3) is 0 Å². The summed E-state index contributed by atoms with van der Waals surface area (Å²) in [6.45, 7) is 4.98. The van der Waals surface area contributed by atoms with Crippen LogP contribution in [0.1, 0.15) is 26.1 Å². The van der Waals surface area contributed by atoms with Gasteiger partial charge in [0.1, 0.15) is 6.61 Å².